The van der Waals surface area contributed by atoms with Gasteiger partial charge < -0.3 is 4.90 Å². The van der Waals surface area contributed by atoms with Crippen LogP contribution in [0.1, 0.15) is 36.5 Å². The molecule has 3 heterocycles. The predicted octanol–water partition coefficient (Wildman–Crippen LogP) is 2.17. The number of hydrogen-bond donors (Lipinski definition) is 1. The van der Waals surface area contributed by atoms with E-state index < -0.39 is 0 Å². The van der Waals surface area contributed by atoms with E-state index in [1.165, 1.54) is 32.1 Å². The summed E-state index contributed by atoms with van der Waals surface area (Å²) in [6, 6.07) is 8.77. The molecule has 2 aromatic rings. The number of aromatic nitrogens is 3. The Hall–Kier alpha value is -2.21. The number of amides is 1. The van der Waals surface area contributed by atoms with E-state index in [1.807, 2.05) is 29.2 Å². The van der Waals surface area contributed by atoms with Crippen LogP contribution in [0.4, 0.5) is 0 Å². The van der Waals surface area contributed by atoms with Gasteiger partial charge >= 0.3 is 0 Å². The Morgan fingerprint density at radius 1 is 1.21 bits per heavy atom. The molecule has 0 bridgehead atoms. The van der Waals surface area contributed by atoms with Crippen LogP contribution in [0.3, 0.4) is 0 Å². The molecule has 6 nitrogen and oxygen atoms in total. The summed E-state index contributed by atoms with van der Waals surface area (Å²) in [4.78, 5) is 21.3. The van der Waals surface area contributed by atoms with Crippen LogP contribution >= 0.6 is 0 Å². The summed E-state index contributed by atoms with van der Waals surface area (Å²) in [6.45, 7) is 5.20. The average Bonchev–Trinajstić information content (AvgIpc) is 3.10. The number of piperidine rings is 1. The zero-order valence-electron chi connectivity index (χ0n) is 14.0. The fourth-order valence-electron chi connectivity index (χ4n) is 3.79. The summed E-state index contributed by atoms with van der Waals surface area (Å²) in [5.41, 5.74) is 1.68. The van der Waals surface area contributed by atoms with Crippen molar-refractivity contribution in [1.29, 1.82) is 0 Å². The van der Waals surface area contributed by atoms with Gasteiger partial charge in [-0.3, -0.25) is 14.8 Å². The zero-order valence-corrected chi connectivity index (χ0v) is 14.0. The lowest BCUT2D eigenvalue weighted by Gasteiger charge is -2.49. The van der Waals surface area contributed by atoms with Gasteiger partial charge in [-0.1, -0.05) is 18.6 Å². The van der Waals surface area contributed by atoms with E-state index in [1.54, 1.807) is 0 Å². The van der Waals surface area contributed by atoms with Crippen molar-refractivity contribution in [3.8, 4) is 11.4 Å². The number of nitrogens with one attached hydrogen (secondary N) is 1. The Morgan fingerprint density at radius 3 is 2.67 bits per heavy atom. The second kappa shape index (κ2) is 6.36. The molecular formula is C18H23N5O. The third-order valence-corrected chi connectivity index (χ3v) is 5.29. The normalized spacial score (nSPS) is 22.4. The van der Waals surface area contributed by atoms with Crippen LogP contribution < -0.4 is 0 Å². The van der Waals surface area contributed by atoms with E-state index in [-0.39, 0.29) is 5.91 Å². The van der Waals surface area contributed by atoms with Gasteiger partial charge in [0.25, 0.3) is 5.91 Å². The molecule has 2 aliphatic heterocycles. The third-order valence-electron chi connectivity index (χ3n) is 5.29. The first-order valence-electron chi connectivity index (χ1n) is 8.73. The highest BCUT2D eigenvalue weighted by Gasteiger charge is 2.37. The average molecular weight is 325 g/mol. The molecule has 0 saturated carbocycles. The number of H-pyrrole nitrogens is 1. The molecule has 4 rings (SSSR count). The number of carbonyl (C=O) groups excluding carboxylic acids is 1. The molecule has 0 radical (unpaired) electrons. The summed E-state index contributed by atoms with van der Waals surface area (Å²) in [7, 11) is 0. The van der Waals surface area contributed by atoms with Gasteiger partial charge in [0.15, 0.2) is 5.82 Å². The zero-order chi connectivity index (χ0) is 16.5. The number of benzene rings is 1. The number of rotatable bonds is 3. The molecule has 0 spiro atoms. The van der Waals surface area contributed by atoms with Crippen molar-refractivity contribution in [2.45, 2.75) is 38.3 Å². The maximum absolute atomic E-state index is 12.6. The van der Waals surface area contributed by atoms with Gasteiger partial charge in [-0.25, -0.2) is 4.98 Å². The second-order valence-electron chi connectivity index (χ2n) is 6.86. The van der Waals surface area contributed by atoms with Crippen LogP contribution in [0.5, 0.6) is 0 Å². The van der Waals surface area contributed by atoms with E-state index >= 15 is 0 Å². The first-order valence-corrected chi connectivity index (χ1v) is 8.73. The van der Waals surface area contributed by atoms with Crippen molar-refractivity contribution >= 4 is 5.91 Å². The first kappa shape index (κ1) is 15.3. The van der Waals surface area contributed by atoms with E-state index in [9.17, 15) is 4.79 Å². The summed E-state index contributed by atoms with van der Waals surface area (Å²) in [5.74, 6) is 0.845. The van der Waals surface area contributed by atoms with Gasteiger partial charge in [-0.15, -0.1) is 0 Å². The molecule has 2 fully saturated rings. The maximum Gasteiger partial charge on any atom is 0.253 e. The van der Waals surface area contributed by atoms with Crippen molar-refractivity contribution in [2.24, 2.45) is 0 Å². The molecule has 2 aliphatic rings. The number of aromatic amines is 1. The molecule has 1 unspecified atom stereocenters. The van der Waals surface area contributed by atoms with Gasteiger partial charge in [0.2, 0.25) is 0 Å². The van der Waals surface area contributed by atoms with Crippen molar-refractivity contribution in [1.82, 2.24) is 25.0 Å². The topological polar surface area (TPSA) is 65.1 Å². The Bertz CT molecular complexity index is 691. The fraction of sp³-hybridized carbons (Fsp3) is 0.500. The molecule has 1 atom stereocenters. The third kappa shape index (κ3) is 2.82. The monoisotopic (exact) mass is 325 g/mol. The maximum atomic E-state index is 12.6. The smallest absolute Gasteiger partial charge is 0.253 e. The van der Waals surface area contributed by atoms with Gasteiger partial charge in [-0.05, 0) is 38.4 Å². The molecule has 2 saturated heterocycles. The summed E-state index contributed by atoms with van der Waals surface area (Å²) in [5, 5.41) is 6.68. The highest BCUT2D eigenvalue weighted by Crippen LogP contribution is 2.25. The SMILES string of the molecule is CC1CCCCN1C1CN(C(=O)c2ccc(-c3ncn[nH]3)cc2)C1. The fourth-order valence-corrected chi connectivity index (χ4v) is 3.79. The summed E-state index contributed by atoms with van der Waals surface area (Å²) >= 11 is 0. The predicted molar refractivity (Wildman–Crippen MR) is 91.5 cm³/mol. The van der Waals surface area contributed by atoms with Crippen LogP contribution in [-0.4, -0.2) is 62.6 Å². The van der Waals surface area contributed by atoms with E-state index in [4.69, 9.17) is 0 Å². The first-order chi connectivity index (χ1) is 11.7. The number of nitrogens with zero attached hydrogens (tertiary/aromatic N) is 4. The van der Waals surface area contributed by atoms with Crippen LogP contribution in [0.15, 0.2) is 30.6 Å². The van der Waals surface area contributed by atoms with Crippen LogP contribution in [0.25, 0.3) is 11.4 Å². The Morgan fingerprint density at radius 2 is 2.00 bits per heavy atom. The van der Waals surface area contributed by atoms with Gasteiger partial charge in [0.05, 0.1) is 0 Å². The van der Waals surface area contributed by atoms with Crippen LogP contribution in [0, 0.1) is 0 Å². The standard InChI is InChI=1S/C18H23N5O/c1-13-4-2-3-9-23(13)16-10-22(11-16)18(24)15-7-5-14(6-8-15)17-19-12-20-21-17/h5-8,12-13,16H,2-4,9-11H2,1H3,(H,19,20,21). The van der Waals surface area contributed by atoms with Crippen molar-refractivity contribution in [2.75, 3.05) is 19.6 Å². The van der Waals surface area contributed by atoms with Crippen molar-refractivity contribution in [3.05, 3.63) is 36.2 Å². The molecule has 6 heteroatoms. The highest BCUT2D eigenvalue weighted by molar-refractivity contribution is 5.95. The molecule has 1 aromatic carbocycles. The second-order valence-corrected chi connectivity index (χ2v) is 6.86. The van der Waals surface area contributed by atoms with Gasteiger partial charge in [0, 0.05) is 36.3 Å². The van der Waals surface area contributed by atoms with Crippen LogP contribution in [-0.2, 0) is 0 Å². The Balaban J connectivity index is 1.37. The summed E-state index contributed by atoms with van der Waals surface area (Å²) in [6.07, 6.45) is 5.40. The Kier molecular flexibility index (Phi) is 4.06. The van der Waals surface area contributed by atoms with Crippen LogP contribution in [0.2, 0.25) is 0 Å². The van der Waals surface area contributed by atoms with E-state index in [2.05, 4.69) is 27.0 Å². The number of likely N-dealkylation sites (tertiary alicyclic amines) is 2. The minimum atomic E-state index is 0.125. The lowest BCUT2D eigenvalue weighted by atomic mass is 9.97. The van der Waals surface area contributed by atoms with Gasteiger partial charge in [-0.2, -0.15) is 5.10 Å². The van der Waals surface area contributed by atoms with Crippen molar-refractivity contribution < 1.29 is 4.79 Å². The molecule has 24 heavy (non-hydrogen) atoms. The van der Waals surface area contributed by atoms with E-state index in [0.29, 0.717) is 12.1 Å². The lowest BCUT2D eigenvalue weighted by molar-refractivity contribution is 0.00213. The minimum Gasteiger partial charge on any atom is -0.335 e. The molecule has 1 amide bonds. The minimum absolute atomic E-state index is 0.125. The number of carbonyl (C=O) groups is 1. The molecule has 1 N–H and O–H groups in total. The lowest BCUT2D eigenvalue weighted by Crippen LogP contribution is -2.63. The molecule has 1 aromatic heterocycles. The van der Waals surface area contributed by atoms with Gasteiger partial charge in [0.1, 0.15) is 6.33 Å². The quantitative estimate of drug-likeness (QED) is 0.939. The van der Waals surface area contributed by atoms with Crippen molar-refractivity contribution in [3.63, 3.8) is 0 Å². The molecular weight excluding hydrogens is 302 g/mol. The largest absolute Gasteiger partial charge is 0.335 e. The molecule has 126 valence electrons. The highest BCUT2D eigenvalue weighted by atomic mass is 16.2. The van der Waals surface area contributed by atoms with E-state index in [0.717, 1.165) is 30.0 Å². The summed E-state index contributed by atoms with van der Waals surface area (Å²) < 4.78 is 0. The molecule has 0 aliphatic carbocycles. The number of hydrogen-bond acceptors (Lipinski definition) is 4. The Labute approximate surface area is 141 Å².